The third-order valence-electron chi connectivity index (χ3n) is 3.27. The van der Waals surface area contributed by atoms with Crippen LogP contribution in [-0.4, -0.2) is 33.0 Å². The van der Waals surface area contributed by atoms with Crippen LogP contribution in [-0.2, 0) is 9.84 Å². The fourth-order valence-electron chi connectivity index (χ4n) is 2.04. The standard InChI is InChI=1S/C17H18N2O4S/c1-3-18-16(20)12-7-9-14(10-8-12)19-17(21)13-5-4-6-15(11-13)24(2,22)23/h4-11H,3H2,1-2H3,(H,18,20)(H,19,21). The second kappa shape index (κ2) is 7.27. The molecule has 0 spiro atoms. The van der Waals surface area contributed by atoms with E-state index < -0.39 is 15.7 Å². The SMILES string of the molecule is CCNC(=O)c1ccc(NC(=O)c2cccc(S(C)(=O)=O)c2)cc1. The van der Waals surface area contributed by atoms with Gasteiger partial charge in [-0.15, -0.1) is 0 Å². The quantitative estimate of drug-likeness (QED) is 0.867. The van der Waals surface area contributed by atoms with Crippen molar-refractivity contribution in [3.63, 3.8) is 0 Å². The molecule has 0 radical (unpaired) electrons. The molecule has 0 aromatic heterocycles. The smallest absolute Gasteiger partial charge is 0.255 e. The maximum Gasteiger partial charge on any atom is 0.255 e. The van der Waals surface area contributed by atoms with Gasteiger partial charge in [-0.25, -0.2) is 8.42 Å². The summed E-state index contributed by atoms with van der Waals surface area (Å²) in [6.07, 6.45) is 1.09. The molecule has 0 aliphatic heterocycles. The number of hydrogen-bond acceptors (Lipinski definition) is 4. The fraction of sp³-hybridized carbons (Fsp3) is 0.176. The lowest BCUT2D eigenvalue weighted by Crippen LogP contribution is -2.22. The number of hydrogen-bond donors (Lipinski definition) is 2. The average molecular weight is 346 g/mol. The summed E-state index contributed by atoms with van der Waals surface area (Å²) in [6.45, 7) is 2.37. The second-order valence-corrected chi connectivity index (χ2v) is 7.21. The van der Waals surface area contributed by atoms with Gasteiger partial charge in [0, 0.05) is 29.6 Å². The van der Waals surface area contributed by atoms with E-state index in [0.717, 1.165) is 6.26 Å². The van der Waals surface area contributed by atoms with Crippen molar-refractivity contribution in [3.05, 3.63) is 59.7 Å². The highest BCUT2D eigenvalue weighted by molar-refractivity contribution is 7.90. The first kappa shape index (κ1) is 17.7. The Morgan fingerprint density at radius 3 is 2.21 bits per heavy atom. The molecule has 2 N–H and O–H groups in total. The summed E-state index contributed by atoms with van der Waals surface area (Å²) in [6, 6.07) is 12.3. The van der Waals surface area contributed by atoms with E-state index in [2.05, 4.69) is 10.6 Å². The van der Waals surface area contributed by atoms with E-state index in [1.807, 2.05) is 6.92 Å². The summed E-state index contributed by atoms with van der Waals surface area (Å²) >= 11 is 0. The Balaban J connectivity index is 2.14. The van der Waals surface area contributed by atoms with Crippen LogP contribution >= 0.6 is 0 Å². The minimum Gasteiger partial charge on any atom is -0.352 e. The highest BCUT2D eigenvalue weighted by Gasteiger charge is 2.12. The molecule has 2 aromatic rings. The lowest BCUT2D eigenvalue weighted by molar-refractivity contribution is 0.0955. The molecule has 0 atom stereocenters. The summed E-state index contributed by atoms with van der Waals surface area (Å²) < 4.78 is 23.1. The van der Waals surface area contributed by atoms with Gasteiger partial charge in [0.1, 0.15) is 0 Å². The first-order chi connectivity index (χ1) is 11.3. The summed E-state index contributed by atoms with van der Waals surface area (Å²) in [5.74, 6) is -0.609. The van der Waals surface area contributed by atoms with Gasteiger partial charge in [-0.2, -0.15) is 0 Å². The lowest BCUT2D eigenvalue weighted by Gasteiger charge is -2.08. The molecule has 126 valence electrons. The van der Waals surface area contributed by atoms with Gasteiger partial charge in [0.05, 0.1) is 4.90 Å². The van der Waals surface area contributed by atoms with Gasteiger partial charge < -0.3 is 10.6 Å². The van der Waals surface area contributed by atoms with Crippen LogP contribution in [0.4, 0.5) is 5.69 Å². The van der Waals surface area contributed by atoms with Gasteiger partial charge in [0.25, 0.3) is 11.8 Å². The molecule has 7 heteroatoms. The van der Waals surface area contributed by atoms with E-state index in [4.69, 9.17) is 0 Å². The van der Waals surface area contributed by atoms with Crippen LogP contribution in [0.3, 0.4) is 0 Å². The van der Waals surface area contributed by atoms with Crippen LogP contribution in [0.5, 0.6) is 0 Å². The summed E-state index contributed by atoms with van der Waals surface area (Å²) in [7, 11) is -3.38. The zero-order valence-corrected chi connectivity index (χ0v) is 14.2. The predicted molar refractivity (Wildman–Crippen MR) is 92.0 cm³/mol. The van der Waals surface area contributed by atoms with Gasteiger partial charge in [-0.1, -0.05) is 6.07 Å². The van der Waals surface area contributed by atoms with Crippen molar-refractivity contribution in [2.75, 3.05) is 18.1 Å². The Bertz CT molecular complexity index is 858. The van der Waals surface area contributed by atoms with Crippen molar-refractivity contribution in [1.29, 1.82) is 0 Å². The average Bonchev–Trinajstić information content (AvgIpc) is 2.55. The maximum atomic E-state index is 12.2. The Morgan fingerprint density at radius 2 is 1.62 bits per heavy atom. The molecule has 0 heterocycles. The minimum absolute atomic E-state index is 0.0849. The predicted octanol–water partition coefficient (Wildman–Crippen LogP) is 2.09. The van der Waals surface area contributed by atoms with Crippen molar-refractivity contribution in [1.82, 2.24) is 5.32 Å². The third kappa shape index (κ3) is 4.42. The summed E-state index contributed by atoms with van der Waals surface area (Å²) in [4.78, 5) is 24.0. The molecular weight excluding hydrogens is 328 g/mol. The molecule has 0 fully saturated rings. The first-order valence-electron chi connectivity index (χ1n) is 7.31. The zero-order chi connectivity index (χ0) is 17.7. The van der Waals surface area contributed by atoms with Crippen LogP contribution < -0.4 is 10.6 Å². The Kier molecular flexibility index (Phi) is 5.35. The number of amides is 2. The number of carbonyl (C=O) groups excluding carboxylic acids is 2. The highest BCUT2D eigenvalue weighted by Crippen LogP contribution is 2.14. The number of nitrogens with one attached hydrogen (secondary N) is 2. The van der Waals surface area contributed by atoms with Crippen molar-refractivity contribution >= 4 is 27.3 Å². The topological polar surface area (TPSA) is 92.3 Å². The normalized spacial score (nSPS) is 10.9. The van der Waals surface area contributed by atoms with Gasteiger partial charge >= 0.3 is 0 Å². The van der Waals surface area contributed by atoms with E-state index in [1.54, 1.807) is 24.3 Å². The van der Waals surface area contributed by atoms with E-state index in [9.17, 15) is 18.0 Å². The Labute approximate surface area is 140 Å². The number of rotatable bonds is 5. The molecule has 0 aliphatic rings. The molecule has 24 heavy (non-hydrogen) atoms. The molecule has 2 amide bonds. The van der Waals surface area contributed by atoms with E-state index in [-0.39, 0.29) is 16.4 Å². The van der Waals surface area contributed by atoms with Crippen molar-refractivity contribution in [3.8, 4) is 0 Å². The molecule has 0 saturated heterocycles. The first-order valence-corrected chi connectivity index (χ1v) is 9.20. The Morgan fingerprint density at radius 1 is 0.958 bits per heavy atom. The third-order valence-corrected chi connectivity index (χ3v) is 4.38. The van der Waals surface area contributed by atoms with Gasteiger partial charge in [-0.3, -0.25) is 9.59 Å². The molecule has 0 saturated carbocycles. The number of benzene rings is 2. The molecule has 0 bridgehead atoms. The van der Waals surface area contributed by atoms with E-state index >= 15 is 0 Å². The van der Waals surface area contributed by atoms with Gasteiger partial charge in [-0.05, 0) is 49.4 Å². The molecule has 2 rings (SSSR count). The second-order valence-electron chi connectivity index (χ2n) is 5.19. The summed E-state index contributed by atoms with van der Waals surface area (Å²) in [5, 5.41) is 5.35. The van der Waals surface area contributed by atoms with Crippen LogP contribution in [0.25, 0.3) is 0 Å². The maximum absolute atomic E-state index is 12.2. The Hall–Kier alpha value is -2.67. The highest BCUT2D eigenvalue weighted by atomic mass is 32.2. The molecule has 0 aliphatic carbocycles. The number of sulfone groups is 1. The van der Waals surface area contributed by atoms with Crippen molar-refractivity contribution < 1.29 is 18.0 Å². The van der Waals surface area contributed by atoms with Crippen molar-refractivity contribution in [2.24, 2.45) is 0 Å². The van der Waals surface area contributed by atoms with Crippen LogP contribution in [0.2, 0.25) is 0 Å². The van der Waals surface area contributed by atoms with Crippen molar-refractivity contribution in [2.45, 2.75) is 11.8 Å². The van der Waals surface area contributed by atoms with E-state index in [1.165, 1.54) is 24.3 Å². The number of carbonyl (C=O) groups is 2. The lowest BCUT2D eigenvalue weighted by atomic mass is 10.1. The van der Waals surface area contributed by atoms with Crippen LogP contribution in [0.1, 0.15) is 27.6 Å². The fourth-order valence-corrected chi connectivity index (χ4v) is 2.71. The zero-order valence-electron chi connectivity index (χ0n) is 13.4. The largest absolute Gasteiger partial charge is 0.352 e. The molecule has 0 unspecified atom stereocenters. The van der Waals surface area contributed by atoms with E-state index in [0.29, 0.717) is 17.8 Å². The monoisotopic (exact) mass is 346 g/mol. The molecule has 6 nitrogen and oxygen atoms in total. The molecule has 2 aromatic carbocycles. The van der Waals surface area contributed by atoms with Crippen LogP contribution in [0.15, 0.2) is 53.4 Å². The molecular formula is C17H18N2O4S. The summed E-state index contributed by atoms with van der Waals surface area (Å²) in [5.41, 5.74) is 1.25. The minimum atomic E-state index is -3.38. The van der Waals surface area contributed by atoms with Crippen LogP contribution in [0, 0.1) is 0 Å². The number of anilines is 1. The van der Waals surface area contributed by atoms with Gasteiger partial charge in [0.2, 0.25) is 0 Å². The van der Waals surface area contributed by atoms with Gasteiger partial charge in [0.15, 0.2) is 9.84 Å².